The molecule has 2 heterocycles. The largest absolute Gasteiger partial charge is 0.385 e. The lowest BCUT2D eigenvalue weighted by Gasteiger charge is -2.28. The molecular weight excluding hydrogens is 220 g/mol. The molecule has 3 atom stereocenters. The first kappa shape index (κ1) is 12.8. The monoisotopic (exact) mass is 242 g/mol. The Labute approximate surface area is 102 Å². The van der Waals surface area contributed by atoms with E-state index in [0.717, 1.165) is 25.8 Å². The summed E-state index contributed by atoms with van der Waals surface area (Å²) in [5.74, 6) is -0.00257. The number of aliphatic hydroxyl groups is 1. The molecule has 0 aromatic carbocycles. The number of amides is 1. The number of nitrogens with one attached hydrogen (secondary N) is 2. The number of piperidine rings is 1. The van der Waals surface area contributed by atoms with E-state index in [1.54, 1.807) is 0 Å². The van der Waals surface area contributed by atoms with E-state index in [4.69, 9.17) is 4.74 Å². The normalized spacial score (nSPS) is 38.0. The average Bonchev–Trinajstić information content (AvgIpc) is 2.68. The molecule has 2 saturated heterocycles. The van der Waals surface area contributed by atoms with E-state index < -0.39 is 5.60 Å². The van der Waals surface area contributed by atoms with E-state index in [1.165, 1.54) is 0 Å². The second-order valence-electron chi connectivity index (χ2n) is 5.09. The van der Waals surface area contributed by atoms with Crippen LogP contribution < -0.4 is 10.6 Å². The van der Waals surface area contributed by atoms with Gasteiger partial charge in [0.2, 0.25) is 5.91 Å². The fourth-order valence-electron chi connectivity index (χ4n) is 2.44. The summed E-state index contributed by atoms with van der Waals surface area (Å²) >= 11 is 0. The molecule has 2 rings (SSSR count). The van der Waals surface area contributed by atoms with Crippen molar-refractivity contribution in [3.05, 3.63) is 0 Å². The zero-order chi connectivity index (χ0) is 12.3. The van der Waals surface area contributed by atoms with Crippen molar-refractivity contribution in [2.75, 3.05) is 19.7 Å². The SMILES string of the molecule is CC1OCCC1(O)CNC(=O)[C@H]1CCCCN1. The van der Waals surface area contributed by atoms with Gasteiger partial charge in [-0.05, 0) is 26.3 Å². The quantitative estimate of drug-likeness (QED) is 0.640. The number of carbonyl (C=O) groups is 1. The third-order valence-corrected chi connectivity index (χ3v) is 3.86. The fraction of sp³-hybridized carbons (Fsp3) is 0.917. The van der Waals surface area contributed by atoms with Crippen molar-refractivity contribution < 1.29 is 14.6 Å². The average molecular weight is 242 g/mol. The summed E-state index contributed by atoms with van der Waals surface area (Å²) in [5, 5.41) is 16.3. The Balaban J connectivity index is 1.79. The Morgan fingerprint density at radius 2 is 2.41 bits per heavy atom. The van der Waals surface area contributed by atoms with Crippen molar-refractivity contribution in [1.82, 2.24) is 10.6 Å². The Hall–Kier alpha value is -0.650. The number of carbonyl (C=O) groups excluding carboxylic acids is 1. The van der Waals surface area contributed by atoms with Crippen LogP contribution in [0.1, 0.15) is 32.6 Å². The summed E-state index contributed by atoms with van der Waals surface area (Å²) in [5.41, 5.74) is -0.898. The van der Waals surface area contributed by atoms with Crippen LogP contribution in [0.15, 0.2) is 0 Å². The Morgan fingerprint density at radius 3 is 3.00 bits per heavy atom. The molecule has 0 spiro atoms. The minimum absolute atomic E-state index is 0.00257. The van der Waals surface area contributed by atoms with Crippen molar-refractivity contribution >= 4 is 5.91 Å². The first-order valence-electron chi connectivity index (χ1n) is 6.47. The lowest BCUT2D eigenvalue weighted by molar-refractivity contribution is -0.125. The summed E-state index contributed by atoms with van der Waals surface area (Å²) in [4.78, 5) is 11.9. The van der Waals surface area contributed by atoms with Crippen molar-refractivity contribution in [1.29, 1.82) is 0 Å². The topological polar surface area (TPSA) is 70.6 Å². The van der Waals surface area contributed by atoms with Crippen molar-refractivity contribution in [2.45, 2.75) is 50.4 Å². The van der Waals surface area contributed by atoms with Gasteiger partial charge in [0.05, 0.1) is 12.1 Å². The molecule has 98 valence electrons. The van der Waals surface area contributed by atoms with Gasteiger partial charge in [0, 0.05) is 19.6 Å². The highest BCUT2D eigenvalue weighted by atomic mass is 16.5. The van der Waals surface area contributed by atoms with E-state index in [-0.39, 0.29) is 24.6 Å². The zero-order valence-corrected chi connectivity index (χ0v) is 10.4. The summed E-state index contributed by atoms with van der Waals surface area (Å²) in [6.45, 7) is 3.60. The third-order valence-electron chi connectivity index (χ3n) is 3.86. The van der Waals surface area contributed by atoms with Crippen LogP contribution in [-0.4, -0.2) is 48.5 Å². The standard InChI is InChI=1S/C12H22N2O3/c1-9-12(16,5-7-17-9)8-14-11(15)10-4-2-3-6-13-10/h9-10,13,16H,2-8H2,1H3,(H,14,15)/t9?,10-,12?/m1/s1. The van der Waals surface area contributed by atoms with Gasteiger partial charge in [0.1, 0.15) is 5.60 Å². The highest BCUT2D eigenvalue weighted by Gasteiger charge is 2.40. The number of hydrogen-bond donors (Lipinski definition) is 3. The van der Waals surface area contributed by atoms with Gasteiger partial charge < -0.3 is 20.5 Å². The van der Waals surface area contributed by atoms with Crippen LogP contribution in [0, 0.1) is 0 Å². The lowest BCUT2D eigenvalue weighted by Crippen LogP contribution is -2.53. The van der Waals surface area contributed by atoms with E-state index in [9.17, 15) is 9.90 Å². The zero-order valence-electron chi connectivity index (χ0n) is 10.4. The third kappa shape index (κ3) is 2.97. The predicted molar refractivity (Wildman–Crippen MR) is 63.6 cm³/mol. The van der Waals surface area contributed by atoms with Crippen LogP contribution in [0.3, 0.4) is 0 Å². The molecule has 0 aromatic rings. The Bertz CT molecular complexity index is 279. The van der Waals surface area contributed by atoms with Gasteiger partial charge >= 0.3 is 0 Å². The Kier molecular flexibility index (Phi) is 4.01. The van der Waals surface area contributed by atoms with Crippen molar-refractivity contribution in [3.8, 4) is 0 Å². The fourth-order valence-corrected chi connectivity index (χ4v) is 2.44. The molecule has 5 heteroatoms. The second-order valence-corrected chi connectivity index (χ2v) is 5.09. The summed E-state index contributed by atoms with van der Waals surface area (Å²) < 4.78 is 5.33. The molecule has 0 radical (unpaired) electrons. The van der Waals surface area contributed by atoms with Crippen LogP contribution >= 0.6 is 0 Å². The van der Waals surface area contributed by atoms with Gasteiger partial charge in [-0.1, -0.05) is 6.42 Å². The Morgan fingerprint density at radius 1 is 1.59 bits per heavy atom. The summed E-state index contributed by atoms with van der Waals surface area (Å²) in [6, 6.07) is -0.0926. The molecule has 1 amide bonds. The summed E-state index contributed by atoms with van der Waals surface area (Å²) in [7, 11) is 0. The number of rotatable bonds is 3. The minimum atomic E-state index is -0.898. The van der Waals surface area contributed by atoms with Crippen LogP contribution in [0.2, 0.25) is 0 Å². The van der Waals surface area contributed by atoms with Crippen LogP contribution in [0.4, 0.5) is 0 Å². The van der Waals surface area contributed by atoms with Gasteiger partial charge in [-0.15, -0.1) is 0 Å². The van der Waals surface area contributed by atoms with E-state index in [0.29, 0.717) is 13.0 Å². The van der Waals surface area contributed by atoms with Gasteiger partial charge in [-0.2, -0.15) is 0 Å². The molecule has 0 saturated carbocycles. The lowest BCUT2D eigenvalue weighted by atomic mass is 9.96. The molecule has 17 heavy (non-hydrogen) atoms. The number of ether oxygens (including phenoxy) is 1. The van der Waals surface area contributed by atoms with E-state index in [1.807, 2.05) is 6.92 Å². The highest BCUT2D eigenvalue weighted by Crippen LogP contribution is 2.24. The van der Waals surface area contributed by atoms with Gasteiger partial charge in [-0.3, -0.25) is 4.79 Å². The molecule has 2 unspecified atom stereocenters. The molecule has 2 aliphatic rings. The van der Waals surface area contributed by atoms with E-state index in [2.05, 4.69) is 10.6 Å². The first-order chi connectivity index (χ1) is 8.12. The molecular formula is C12H22N2O3. The van der Waals surface area contributed by atoms with Crippen molar-refractivity contribution in [3.63, 3.8) is 0 Å². The molecule has 3 N–H and O–H groups in total. The van der Waals surface area contributed by atoms with Gasteiger partial charge in [0.25, 0.3) is 0 Å². The highest BCUT2D eigenvalue weighted by molar-refractivity contribution is 5.81. The molecule has 2 fully saturated rings. The van der Waals surface area contributed by atoms with Gasteiger partial charge in [0.15, 0.2) is 0 Å². The first-order valence-corrected chi connectivity index (χ1v) is 6.47. The van der Waals surface area contributed by atoms with Crippen LogP contribution in [-0.2, 0) is 9.53 Å². The predicted octanol–water partition coefficient (Wildman–Crippen LogP) is -0.215. The van der Waals surface area contributed by atoms with Crippen LogP contribution in [0.25, 0.3) is 0 Å². The molecule has 2 aliphatic heterocycles. The summed E-state index contributed by atoms with van der Waals surface area (Å²) in [6.07, 6.45) is 3.50. The molecule has 5 nitrogen and oxygen atoms in total. The smallest absolute Gasteiger partial charge is 0.237 e. The number of hydrogen-bond acceptors (Lipinski definition) is 4. The van der Waals surface area contributed by atoms with Crippen molar-refractivity contribution in [2.24, 2.45) is 0 Å². The van der Waals surface area contributed by atoms with Crippen LogP contribution in [0.5, 0.6) is 0 Å². The second kappa shape index (κ2) is 5.33. The maximum absolute atomic E-state index is 11.9. The minimum Gasteiger partial charge on any atom is -0.385 e. The molecule has 0 aliphatic carbocycles. The maximum atomic E-state index is 11.9. The molecule has 0 bridgehead atoms. The van der Waals surface area contributed by atoms with E-state index >= 15 is 0 Å². The van der Waals surface area contributed by atoms with Gasteiger partial charge in [-0.25, -0.2) is 0 Å². The maximum Gasteiger partial charge on any atom is 0.237 e. The molecule has 0 aromatic heterocycles.